The van der Waals surface area contributed by atoms with Gasteiger partial charge in [-0.3, -0.25) is 4.79 Å². The normalized spacial score (nSPS) is 22.5. The Morgan fingerprint density at radius 3 is 2.90 bits per heavy atom. The highest BCUT2D eigenvalue weighted by molar-refractivity contribution is 6.30. The molecule has 0 saturated carbocycles. The molecule has 1 aliphatic rings. The molecule has 1 fully saturated rings. The van der Waals surface area contributed by atoms with Crippen LogP contribution in [0.4, 0.5) is 5.69 Å². The Bertz CT molecular complexity index is 439. The molecule has 2 N–H and O–H groups in total. The summed E-state index contributed by atoms with van der Waals surface area (Å²) in [5.74, 6) is -0.191. The molecule has 1 aliphatic heterocycles. The summed E-state index contributed by atoms with van der Waals surface area (Å²) >= 11 is 5.77. The molecule has 1 aromatic carbocycles. The van der Waals surface area contributed by atoms with Crippen molar-refractivity contribution in [2.75, 3.05) is 31.6 Å². The summed E-state index contributed by atoms with van der Waals surface area (Å²) in [6, 6.07) is 6.94. The van der Waals surface area contributed by atoms with Crippen molar-refractivity contribution < 1.29 is 14.3 Å². The average molecular weight is 299 g/mol. The summed E-state index contributed by atoms with van der Waals surface area (Å²) in [6.45, 7) is 4.03. The van der Waals surface area contributed by atoms with Crippen molar-refractivity contribution in [3.8, 4) is 0 Å². The van der Waals surface area contributed by atoms with E-state index in [0.717, 1.165) is 13.1 Å². The first kappa shape index (κ1) is 15.3. The lowest BCUT2D eigenvalue weighted by molar-refractivity contribution is -0.123. The zero-order valence-electron chi connectivity index (χ0n) is 11.4. The van der Waals surface area contributed by atoms with Crippen molar-refractivity contribution in [2.45, 2.75) is 19.1 Å². The van der Waals surface area contributed by atoms with E-state index in [1.165, 1.54) is 0 Å². The summed E-state index contributed by atoms with van der Waals surface area (Å²) in [5, 5.41) is 6.62. The maximum absolute atomic E-state index is 11.7. The van der Waals surface area contributed by atoms with E-state index in [2.05, 4.69) is 10.6 Å². The molecule has 1 amide bonds. The van der Waals surface area contributed by atoms with Crippen LogP contribution in [0.2, 0.25) is 5.02 Å². The van der Waals surface area contributed by atoms with Crippen LogP contribution in [0.25, 0.3) is 0 Å². The van der Waals surface area contributed by atoms with Gasteiger partial charge in [0.15, 0.2) is 0 Å². The van der Waals surface area contributed by atoms with E-state index in [0.29, 0.717) is 17.3 Å². The van der Waals surface area contributed by atoms with Crippen LogP contribution in [-0.4, -0.2) is 44.4 Å². The minimum atomic E-state index is -0.191. The van der Waals surface area contributed by atoms with Gasteiger partial charge in [-0.1, -0.05) is 11.6 Å². The molecular weight excluding hydrogens is 280 g/mol. The van der Waals surface area contributed by atoms with Crippen molar-refractivity contribution >= 4 is 23.2 Å². The van der Waals surface area contributed by atoms with E-state index in [-0.39, 0.29) is 24.7 Å². The first-order valence-corrected chi connectivity index (χ1v) is 7.00. The Morgan fingerprint density at radius 2 is 2.20 bits per heavy atom. The number of anilines is 1. The molecule has 6 heteroatoms. The summed E-state index contributed by atoms with van der Waals surface area (Å²) in [4.78, 5) is 11.7. The van der Waals surface area contributed by atoms with E-state index in [9.17, 15) is 4.79 Å². The third-order valence-corrected chi connectivity index (χ3v) is 3.15. The number of hydrogen-bond donors (Lipinski definition) is 2. The highest BCUT2D eigenvalue weighted by Gasteiger charge is 2.18. The van der Waals surface area contributed by atoms with Crippen LogP contribution in [0.1, 0.15) is 6.92 Å². The lowest BCUT2D eigenvalue weighted by Gasteiger charge is -2.28. The van der Waals surface area contributed by atoms with Crippen LogP contribution in [0, 0.1) is 0 Å². The number of morpholine rings is 1. The molecule has 0 spiro atoms. The van der Waals surface area contributed by atoms with Gasteiger partial charge >= 0.3 is 0 Å². The number of hydrogen-bond acceptors (Lipinski definition) is 4. The number of halogens is 1. The molecule has 2 unspecified atom stereocenters. The molecule has 1 heterocycles. The third-order valence-electron chi connectivity index (χ3n) is 2.89. The highest BCUT2D eigenvalue weighted by atomic mass is 35.5. The summed E-state index contributed by atoms with van der Waals surface area (Å²) in [6.07, 6.45) is 0.183. The fourth-order valence-electron chi connectivity index (χ4n) is 1.98. The molecule has 2 atom stereocenters. The van der Waals surface area contributed by atoms with E-state index in [1.807, 2.05) is 6.92 Å². The zero-order valence-corrected chi connectivity index (χ0v) is 12.2. The third kappa shape index (κ3) is 5.09. The molecule has 0 aromatic heterocycles. The number of amides is 1. The fraction of sp³-hybridized carbons (Fsp3) is 0.500. The van der Waals surface area contributed by atoms with Gasteiger partial charge in [-0.05, 0) is 31.2 Å². The van der Waals surface area contributed by atoms with Crippen LogP contribution in [0.3, 0.4) is 0 Å². The van der Waals surface area contributed by atoms with E-state index >= 15 is 0 Å². The summed E-state index contributed by atoms with van der Waals surface area (Å²) < 4.78 is 11.0. The first-order chi connectivity index (χ1) is 9.63. The Kier molecular flexibility index (Phi) is 5.79. The first-order valence-electron chi connectivity index (χ1n) is 6.63. The highest BCUT2D eigenvalue weighted by Crippen LogP contribution is 2.13. The minimum absolute atomic E-state index is 0.00193. The topological polar surface area (TPSA) is 59.6 Å². The maximum atomic E-state index is 11.7. The monoisotopic (exact) mass is 298 g/mol. The second kappa shape index (κ2) is 7.59. The lowest BCUT2D eigenvalue weighted by atomic mass is 10.2. The molecule has 1 saturated heterocycles. The van der Waals surface area contributed by atoms with Gasteiger partial charge in [-0.2, -0.15) is 0 Å². The van der Waals surface area contributed by atoms with Gasteiger partial charge in [0.05, 0.1) is 18.8 Å². The van der Waals surface area contributed by atoms with Gasteiger partial charge in [0.2, 0.25) is 5.91 Å². The van der Waals surface area contributed by atoms with Crippen molar-refractivity contribution in [2.24, 2.45) is 0 Å². The van der Waals surface area contributed by atoms with Crippen LogP contribution < -0.4 is 10.6 Å². The number of carbonyl (C=O) groups excluding carboxylic acids is 1. The zero-order chi connectivity index (χ0) is 14.4. The summed E-state index contributed by atoms with van der Waals surface area (Å²) in [5.41, 5.74) is 0.701. The van der Waals surface area contributed by atoms with Crippen molar-refractivity contribution in [1.29, 1.82) is 0 Å². The molecule has 110 valence electrons. The van der Waals surface area contributed by atoms with Crippen LogP contribution in [0.5, 0.6) is 0 Å². The smallest absolute Gasteiger partial charge is 0.250 e. The Morgan fingerprint density at radius 1 is 1.45 bits per heavy atom. The lowest BCUT2D eigenvalue weighted by Crippen LogP contribution is -2.45. The van der Waals surface area contributed by atoms with Gasteiger partial charge in [-0.15, -0.1) is 0 Å². The van der Waals surface area contributed by atoms with Gasteiger partial charge in [-0.25, -0.2) is 0 Å². The number of rotatable bonds is 5. The molecule has 5 nitrogen and oxygen atoms in total. The SMILES string of the molecule is CC1CNCC(COCC(=O)Nc2ccc(Cl)cc2)O1. The molecule has 20 heavy (non-hydrogen) atoms. The largest absolute Gasteiger partial charge is 0.370 e. The van der Waals surface area contributed by atoms with Gasteiger partial charge in [0.1, 0.15) is 6.61 Å². The van der Waals surface area contributed by atoms with Crippen molar-refractivity contribution in [3.05, 3.63) is 29.3 Å². The Labute approximate surface area is 123 Å². The standard InChI is InChI=1S/C14H19ClN2O3/c1-10-6-16-7-13(20-10)8-19-9-14(18)17-12-4-2-11(15)3-5-12/h2-5,10,13,16H,6-9H2,1H3,(H,17,18). The number of nitrogens with one attached hydrogen (secondary N) is 2. The second-order valence-electron chi connectivity index (χ2n) is 4.80. The minimum Gasteiger partial charge on any atom is -0.370 e. The maximum Gasteiger partial charge on any atom is 0.250 e. The van der Waals surface area contributed by atoms with Gasteiger partial charge in [0.25, 0.3) is 0 Å². The van der Waals surface area contributed by atoms with Crippen LogP contribution in [0.15, 0.2) is 24.3 Å². The summed E-state index contributed by atoms with van der Waals surface area (Å²) in [7, 11) is 0. The van der Waals surface area contributed by atoms with Gasteiger partial charge < -0.3 is 20.1 Å². The number of benzene rings is 1. The van der Waals surface area contributed by atoms with Gasteiger partial charge in [0, 0.05) is 23.8 Å². The molecule has 0 aliphatic carbocycles. The van der Waals surface area contributed by atoms with E-state index in [4.69, 9.17) is 21.1 Å². The Balaban J connectivity index is 1.66. The van der Waals surface area contributed by atoms with E-state index < -0.39 is 0 Å². The van der Waals surface area contributed by atoms with E-state index in [1.54, 1.807) is 24.3 Å². The number of carbonyl (C=O) groups is 1. The van der Waals surface area contributed by atoms with Crippen LogP contribution in [-0.2, 0) is 14.3 Å². The predicted molar refractivity (Wildman–Crippen MR) is 78.1 cm³/mol. The molecule has 1 aromatic rings. The van der Waals surface area contributed by atoms with Crippen molar-refractivity contribution in [3.63, 3.8) is 0 Å². The second-order valence-corrected chi connectivity index (χ2v) is 5.23. The predicted octanol–water partition coefficient (Wildman–Crippen LogP) is 1.67. The average Bonchev–Trinajstić information content (AvgIpc) is 2.41. The number of ether oxygens (including phenoxy) is 2. The molecule has 2 rings (SSSR count). The Hall–Kier alpha value is -1.14. The molecule has 0 bridgehead atoms. The fourth-order valence-corrected chi connectivity index (χ4v) is 2.11. The molecule has 0 radical (unpaired) electrons. The van der Waals surface area contributed by atoms with Crippen molar-refractivity contribution in [1.82, 2.24) is 5.32 Å². The molecular formula is C14H19ClN2O3. The quantitative estimate of drug-likeness (QED) is 0.868. The van der Waals surface area contributed by atoms with Crippen LogP contribution >= 0.6 is 11.6 Å².